The Hall–Kier alpha value is -3.09. The van der Waals surface area contributed by atoms with Gasteiger partial charge < -0.3 is 19.4 Å². The van der Waals surface area contributed by atoms with Crippen molar-refractivity contribution in [3.63, 3.8) is 0 Å². The molecule has 0 radical (unpaired) electrons. The van der Waals surface area contributed by atoms with Crippen LogP contribution in [0.3, 0.4) is 0 Å². The number of ether oxygens (including phenoxy) is 2. The third-order valence-corrected chi connectivity index (χ3v) is 3.79. The second kappa shape index (κ2) is 6.19. The van der Waals surface area contributed by atoms with Crippen LogP contribution in [-0.2, 0) is 7.05 Å². The van der Waals surface area contributed by atoms with E-state index in [2.05, 4.69) is 20.5 Å². The summed E-state index contributed by atoms with van der Waals surface area (Å²) >= 11 is 0. The molecule has 0 saturated heterocycles. The summed E-state index contributed by atoms with van der Waals surface area (Å²) in [6.07, 6.45) is 3.54. The number of imidazole rings is 1. The van der Waals surface area contributed by atoms with Crippen molar-refractivity contribution < 1.29 is 9.47 Å². The normalized spacial score (nSPS) is 16.0. The Labute approximate surface area is 139 Å². The van der Waals surface area contributed by atoms with E-state index in [1.807, 2.05) is 54.2 Å². The number of rotatable bonds is 4. The van der Waals surface area contributed by atoms with Gasteiger partial charge in [-0.05, 0) is 24.3 Å². The first-order valence-corrected chi connectivity index (χ1v) is 7.73. The Bertz CT molecular complexity index is 831. The molecule has 7 nitrogen and oxygen atoms in total. The summed E-state index contributed by atoms with van der Waals surface area (Å²) in [4.78, 5) is 4.26. The second-order valence-electron chi connectivity index (χ2n) is 5.54. The average molecular weight is 323 g/mol. The molecule has 3 heterocycles. The van der Waals surface area contributed by atoms with Gasteiger partial charge in [0, 0.05) is 19.4 Å². The molecule has 0 fully saturated rings. The highest BCUT2D eigenvalue weighted by Crippen LogP contribution is 2.30. The number of benzene rings is 1. The molecule has 1 aromatic carbocycles. The van der Waals surface area contributed by atoms with E-state index in [0.29, 0.717) is 19.0 Å². The number of aromatic nitrogens is 4. The van der Waals surface area contributed by atoms with Crippen molar-refractivity contribution in [1.82, 2.24) is 19.7 Å². The first-order valence-electron chi connectivity index (χ1n) is 7.73. The molecule has 0 unspecified atom stereocenters. The monoisotopic (exact) mass is 323 g/mol. The molecule has 3 aromatic rings. The molecule has 24 heavy (non-hydrogen) atoms. The van der Waals surface area contributed by atoms with Crippen LogP contribution in [0.5, 0.6) is 11.5 Å². The van der Waals surface area contributed by atoms with Crippen LogP contribution in [0.4, 0.5) is 5.82 Å². The molecule has 0 spiro atoms. The number of anilines is 1. The summed E-state index contributed by atoms with van der Waals surface area (Å²) in [5, 5.41) is 11.6. The number of nitrogens with zero attached hydrogens (tertiary/aromatic N) is 4. The van der Waals surface area contributed by atoms with Gasteiger partial charge >= 0.3 is 0 Å². The Morgan fingerprint density at radius 3 is 2.79 bits per heavy atom. The molecular weight excluding hydrogens is 306 g/mol. The zero-order valence-electron chi connectivity index (χ0n) is 13.2. The maximum absolute atomic E-state index is 5.90. The lowest BCUT2D eigenvalue weighted by Gasteiger charge is -2.26. The number of fused-ring (bicyclic) bond motifs is 1. The largest absolute Gasteiger partial charge is 0.486 e. The molecule has 0 bridgehead atoms. The summed E-state index contributed by atoms with van der Waals surface area (Å²) < 4.78 is 13.5. The number of nitrogens with one attached hydrogen (secondary N) is 1. The Kier molecular flexibility index (Phi) is 3.74. The van der Waals surface area contributed by atoms with E-state index in [4.69, 9.17) is 9.47 Å². The summed E-state index contributed by atoms with van der Waals surface area (Å²) in [6.45, 7) is 1.09. The fourth-order valence-corrected chi connectivity index (χ4v) is 2.54. The van der Waals surface area contributed by atoms with Crippen LogP contribution in [0.1, 0.15) is 0 Å². The predicted molar refractivity (Wildman–Crippen MR) is 89.1 cm³/mol. The summed E-state index contributed by atoms with van der Waals surface area (Å²) in [5.41, 5.74) is 0.735. The molecular formula is C17H17N5O2. The highest BCUT2D eigenvalue weighted by atomic mass is 16.6. The fraction of sp³-hybridized carbons (Fsp3) is 0.235. The maximum Gasteiger partial charge on any atom is 0.161 e. The van der Waals surface area contributed by atoms with Gasteiger partial charge in [0.2, 0.25) is 0 Å². The average Bonchev–Trinajstić information content (AvgIpc) is 3.06. The lowest BCUT2D eigenvalue weighted by Crippen LogP contribution is -2.35. The third-order valence-electron chi connectivity index (χ3n) is 3.79. The van der Waals surface area contributed by atoms with Crippen LogP contribution >= 0.6 is 0 Å². The minimum Gasteiger partial charge on any atom is -0.486 e. The van der Waals surface area contributed by atoms with Crippen molar-refractivity contribution in [3.8, 4) is 23.0 Å². The van der Waals surface area contributed by atoms with Crippen molar-refractivity contribution >= 4 is 5.82 Å². The highest BCUT2D eigenvalue weighted by Gasteiger charge is 2.20. The minimum absolute atomic E-state index is 0.0732. The van der Waals surface area contributed by atoms with Gasteiger partial charge in [0.25, 0.3) is 0 Å². The topological polar surface area (TPSA) is 74.1 Å². The molecule has 1 atom stereocenters. The molecule has 1 N–H and O–H groups in total. The van der Waals surface area contributed by atoms with Crippen molar-refractivity contribution in [1.29, 1.82) is 0 Å². The van der Waals surface area contributed by atoms with Crippen LogP contribution in [-0.4, -0.2) is 39.0 Å². The number of hydrogen-bond acceptors (Lipinski definition) is 6. The van der Waals surface area contributed by atoms with Crippen molar-refractivity contribution in [2.24, 2.45) is 7.05 Å². The molecule has 1 aliphatic heterocycles. The van der Waals surface area contributed by atoms with E-state index in [-0.39, 0.29) is 6.10 Å². The number of aryl methyl sites for hydroxylation is 1. The number of hydrogen-bond donors (Lipinski definition) is 1. The standard InChI is InChI=1S/C17H17N5O2/c1-22-9-8-18-17(22)13-6-7-16(21-20-13)19-10-12-11-23-14-4-2-3-5-15(14)24-12/h2-9,12H,10-11H2,1H3,(H,19,21)/t12-/m1/s1. The summed E-state index contributed by atoms with van der Waals surface area (Å²) in [6, 6.07) is 11.4. The van der Waals surface area contributed by atoms with Crippen LogP contribution in [0.2, 0.25) is 0 Å². The third kappa shape index (κ3) is 2.88. The molecule has 0 saturated carbocycles. The Balaban J connectivity index is 1.38. The molecule has 4 rings (SSSR count). The van der Waals surface area contributed by atoms with E-state index in [0.717, 1.165) is 23.0 Å². The van der Waals surface area contributed by atoms with E-state index in [1.54, 1.807) is 6.20 Å². The maximum atomic E-state index is 5.90. The van der Waals surface area contributed by atoms with Gasteiger partial charge in [0.05, 0.1) is 6.54 Å². The summed E-state index contributed by atoms with van der Waals surface area (Å²) in [5.74, 6) is 3.03. The molecule has 7 heteroatoms. The Morgan fingerprint density at radius 1 is 1.17 bits per heavy atom. The van der Waals surface area contributed by atoms with Gasteiger partial charge in [-0.2, -0.15) is 0 Å². The van der Waals surface area contributed by atoms with Crippen molar-refractivity contribution in [3.05, 3.63) is 48.8 Å². The lowest BCUT2D eigenvalue weighted by atomic mass is 10.2. The quantitative estimate of drug-likeness (QED) is 0.793. The van der Waals surface area contributed by atoms with Crippen LogP contribution in [0.15, 0.2) is 48.8 Å². The molecule has 2 aromatic heterocycles. The van der Waals surface area contributed by atoms with E-state index in [1.165, 1.54) is 0 Å². The zero-order valence-corrected chi connectivity index (χ0v) is 13.2. The van der Waals surface area contributed by atoms with Gasteiger partial charge in [-0.1, -0.05) is 12.1 Å². The first-order chi connectivity index (χ1) is 11.8. The van der Waals surface area contributed by atoms with Gasteiger partial charge in [0.15, 0.2) is 17.3 Å². The smallest absolute Gasteiger partial charge is 0.161 e. The van der Waals surface area contributed by atoms with Gasteiger partial charge in [-0.15, -0.1) is 10.2 Å². The van der Waals surface area contributed by atoms with Gasteiger partial charge in [0.1, 0.15) is 24.2 Å². The van der Waals surface area contributed by atoms with E-state index >= 15 is 0 Å². The SMILES string of the molecule is Cn1ccnc1-c1ccc(NC[C@@H]2COc3ccccc3O2)nn1. The van der Waals surface area contributed by atoms with Crippen LogP contribution < -0.4 is 14.8 Å². The lowest BCUT2D eigenvalue weighted by molar-refractivity contribution is 0.0997. The first kappa shape index (κ1) is 14.5. The molecule has 122 valence electrons. The zero-order chi connectivity index (χ0) is 16.4. The predicted octanol–water partition coefficient (Wildman–Crippen LogP) is 2.13. The van der Waals surface area contributed by atoms with E-state index < -0.39 is 0 Å². The van der Waals surface area contributed by atoms with Crippen LogP contribution in [0, 0.1) is 0 Å². The van der Waals surface area contributed by atoms with Gasteiger partial charge in [-0.3, -0.25) is 0 Å². The second-order valence-corrected chi connectivity index (χ2v) is 5.54. The van der Waals surface area contributed by atoms with Crippen molar-refractivity contribution in [2.45, 2.75) is 6.10 Å². The molecule has 0 amide bonds. The number of para-hydroxylation sites is 2. The fourth-order valence-electron chi connectivity index (χ4n) is 2.54. The van der Waals surface area contributed by atoms with Crippen molar-refractivity contribution in [2.75, 3.05) is 18.5 Å². The molecule has 1 aliphatic rings. The van der Waals surface area contributed by atoms with Crippen LogP contribution in [0.25, 0.3) is 11.5 Å². The highest BCUT2D eigenvalue weighted by molar-refractivity contribution is 5.51. The van der Waals surface area contributed by atoms with Gasteiger partial charge in [-0.25, -0.2) is 4.98 Å². The molecule has 0 aliphatic carbocycles. The van der Waals surface area contributed by atoms with E-state index in [9.17, 15) is 0 Å². The Morgan fingerprint density at radius 2 is 2.04 bits per heavy atom. The minimum atomic E-state index is -0.0732. The summed E-state index contributed by atoms with van der Waals surface area (Å²) in [7, 11) is 1.93.